The molecule has 2 aromatic carbocycles. The highest BCUT2D eigenvalue weighted by Gasteiger charge is 2.24. The lowest BCUT2D eigenvalue weighted by Crippen LogP contribution is -2.46. The first kappa shape index (κ1) is 18.1. The molecule has 0 atom stereocenters. The monoisotopic (exact) mass is 351 g/mol. The van der Waals surface area contributed by atoms with Crippen LogP contribution >= 0.6 is 0 Å². The molecular formula is C21H25N3O2. The minimum atomic E-state index is -0.0723. The Morgan fingerprint density at radius 1 is 1.00 bits per heavy atom. The van der Waals surface area contributed by atoms with E-state index in [1.165, 1.54) is 0 Å². The molecule has 136 valence electrons. The van der Waals surface area contributed by atoms with Gasteiger partial charge in [0.1, 0.15) is 0 Å². The fourth-order valence-corrected chi connectivity index (χ4v) is 3.17. The molecule has 0 aromatic heterocycles. The maximum atomic E-state index is 12.6. The van der Waals surface area contributed by atoms with E-state index in [0.29, 0.717) is 25.2 Å². The molecule has 0 saturated carbocycles. The minimum absolute atomic E-state index is 0.0622. The van der Waals surface area contributed by atoms with E-state index in [-0.39, 0.29) is 17.9 Å². The number of carbonyl (C=O) groups excluding carboxylic acids is 2. The van der Waals surface area contributed by atoms with Crippen molar-refractivity contribution in [1.82, 2.24) is 10.2 Å². The summed E-state index contributed by atoms with van der Waals surface area (Å²) in [7, 11) is 0. The second-order valence-electron chi connectivity index (χ2n) is 6.81. The molecule has 0 bridgehead atoms. The van der Waals surface area contributed by atoms with Gasteiger partial charge in [-0.3, -0.25) is 9.59 Å². The van der Waals surface area contributed by atoms with Gasteiger partial charge in [-0.15, -0.1) is 0 Å². The largest absolute Gasteiger partial charge is 0.349 e. The van der Waals surface area contributed by atoms with Crippen LogP contribution in [0.3, 0.4) is 0 Å². The van der Waals surface area contributed by atoms with Crippen LogP contribution in [-0.2, 0) is 6.54 Å². The first-order chi connectivity index (χ1) is 12.6. The number of piperidine rings is 1. The molecule has 3 N–H and O–H groups in total. The topological polar surface area (TPSA) is 75.4 Å². The van der Waals surface area contributed by atoms with Gasteiger partial charge in [0.25, 0.3) is 11.8 Å². The molecule has 2 amide bonds. The molecule has 3 rings (SSSR count). The summed E-state index contributed by atoms with van der Waals surface area (Å²) in [6.07, 6.45) is 1.54. The van der Waals surface area contributed by atoms with E-state index in [4.69, 9.17) is 5.73 Å². The van der Waals surface area contributed by atoms with E-state index < -0.39 is 0 Å². The number of nitrogens with zero attached hydrogens (tertiary/aromatic N) is 1. The molecule has 1 heterocycles. The standard InChI is InChI=1S/C21H25N3O2/c1-15-2-6-18(7-3-15)21(26)24-12-10-19(11-13-24)23-20(25)17-8-4-16(14-22)5-9-17/h2-9,19H,10-14,22H2,1H3,(H,23,25). The summed E-state index contributed by atoms with van der Waals surface area (Å²) in [5, 5.41) is 3.07. The molecule has 5 heteroatoms. The summed E-state index contributed by atoms with van der Waals surface area (Å²) in [6, 6.07) is 15.1. The zero-order chi connectivity index (χ0) is 18.5. The Kier molecular flexibility index (Phi) is 5.68. The Morgan fingerprint density at radius 2 is 1.58 bits per heavy atom. The number of carbonyl (C=O) groups is 2. The molecular weight excluding hydrogens is 326 g/mol. The summed E-state index contributed by atoms with van der Waals surface area (Å²) >= 11 is 0. The van der Waals surface area contributed by atoms with E-state index in [2.05, 4.69) is 5.32 Å². The van der Waals surface area contributed by atoms with Crippen LogP contribution in [0.5, 0.6) is 0 Å². The molecule has 1 aliphatic rings. The molecule has 0 radical (unpaired) electrons. The number of aryl methyl sites for hydroxylation is 1. The van der Waals surface area contributed by atoms with Gasteiger partial charge >= 0.3 is 0 Å². The number of hydrogen-bond acceptors (Lipinski definition) is 3. The van der Waals surface area contributed by atoms with E-state index in [0.717, 1.165) is 29.5 Å². The second-order valence-corrected chi connectivity index (χ2v) is 6.81. The predicted molar refractivity (Wildman–Crippen MR) is 102 cm³/mol. The third-order valence-corrected chi connectivity index (χ3v) is 4.87. The number of benzene rings is 2. The fourth-order valence-electron chi connectivity index (χ4n) is 3.17. The van der Waals surface area contributed by atoms with E-state index >= 15 is 0 Å². The van der Waals surface area contributed by atoms with Gasteiger partial charge in [-0.2, -0.15) is 0 Å². The molecule has 0 spiro atoms. The van der Waals surface area contributed by atoms with Gasteiger partial charge in [0, 0.05) is 36.8 Å². The third kappa shape index (κ3) is 4.29. The van der Waals surface area contributed by atoms with Crippen LogP contribution < -0.4 is 11.1 Å². The normalized spacial score (nSPS) is 14.9. The average molecular weight is 351 g/mol. The molecule has 26 heavy (non-hydrogen) atoms. The Balaban J connectivity index is 1.52. The lowest BCUT2D eigenvalue weighted by molar-refractivity contribution is 0.0698. The predicted octanol–water partition coefficient (Wildman–Crippen LogP) is 2.49. The van der Waals surface area contributed by atoms with Crippen molar-refractivity contribution in [1.29, 1.82) is 0 Å². The highest BCUT2D eigenvalue weighted by Crippen LogP contribution is 2.15. The van der Waals surface area contributed by atoms with Crippen molar-refractivity contribution in [2.24, 2.45) is 5.73 Å². The molecule has 0 unspecified atom stereocenters. The summed E-state index contributed by atoms with van der Waals surface area (Å²) < 4.78 is 0. The van der Waals surface area contributed by atoms with Crippen LogP contribution in [0.15, 0.2) is 48.5 Å². The Bertz CT molecular complexity index is 761. The number of nitrogens with one attached hydrogen (secondary N) is 1. The second kappa shape index (κ2) is 8.15. The highest BCUT2D eigenvalue weighted by molar-refractivity contribution is 5.95. The van der Waals surface area contributed by atoms with Crippen molar-refractivity contribution in [3.63, 3.8) is 0 Å². The first-order valence-corrected chi connectivity index (χ1v) is 9.02. The van der Waals surface area contributed by atoms with E-state index in [1.54, 1.807) is 12.1 Å². The SMILES string of the molecule is Cc1ccc(C(=O)N2CCC(NC(=O)c3ccc(CN)cc3)CC2)cc1. The van der Waals surface area contributed by atoms with Crippen LogP contribution in [0, 0.1) is 6.92 Å². The zero-order valence-electron chi connectivity index (χ0n) is 15.1. The van der Waals surface area contributed by atoms with Gasteiger partial charge in [-0.1, -0.05) is 29.8 Å². The van der Waals surface area contributed by atoms with E-state index in [1.807, 2.05) is 48.2 Å². The van der Waals surface area contributed by atoms with Crippen molar-refractivity contribution < 1.29 is 9.59 Å². The van der Waals surface area contributed by atoms with Gasteiger partial charge in [-0.05, 0) is 49.6 Å². The first-order valence-electron chi connectivity index (χ1n) is 9.02. The molecule has 5 nitrogen and oxygen atoms in total. The molecule has 1 aliphatic heterocycles. The quantitative estimate of drug-likeness (QED) is 0.889. The number of likely N-dealkylation sites (tertiary alicyclic amines) is 1. The third-order valence-electron chi connectivity index (χ3n) is 4.87. The highest BCUT2D eigenvalue weighted by atomic mass is 16.2. The van der Waals surface area contributed by atoms with Crippen LogP contribution in [0.25, 0.3) is 0 Å². The Labute approximate surface area is 154 Å². The molecule has 0 aliphatic carbocycles. The van der Waals surface area contributed by atoms with Gasteiger partial charge in [0.05, 0.1) is 0 Å². The van der Waals surface area contributed by atoms with Crippen LogP contribution in [0.1, 0.15) is 44.7 Å². The van der Waals surface area contributed by atoms with Gasteiger partial charge in [0.15, 0.2) is 0 Å². The lowest BCUT2D eigenvalue weighted by Gasteiger charge is -2.32. The number of hydrogen-bond donors (Lipinski definition) is 2. The zero-order valence-corrected chi connectivity index (χ0v) is 15.1. The van der Waals surface area contributed by atoms with Crippen molar-refractivity contribution in [3.05, 3.63) is 70.8 Å². The number of nitrogens with two attached hydrogens (primary N) is 1. The van der Waals surface area contributed by atoms with Crippen molar-refractivity contribution in [3.8, 4) is 0 Å². The van der Waals surface area contributed by atoms with Crippen molar-refractivity contribution in [2.75, 3.05) is 13.1 Å². The van der Waals surface area contributed by atoms with Crippen LogP contribution in [-0.4, -0.2) is 35.8 Å². The minimum Gasteiger partial charge on any atom is -0.349 e. The summed E-state index contributed by atoms with van der Waals surface area (Å²) in [5.41, 5.74) is 9.08. The van der Waals surface area contributed by atoms with E-state index in [9.17, 15) is 9.59 Å². The van der Waals surface area contributed by atoms with Gasteiger partial charge < -0.3 is 16.0 Å². The number of rotatable bonds is 4. The Morgan fingerprint density at radius 3 is 2.15 bits per heavy atom. The fraction of sp³-hybridized carbons (Fsp3) is 0.333. The van der Waals surface area contributed by atoms with Crippen LogP contribution in [0.4, 0.5) is 0 Å². The van der Waals surface area contributed by atoms with Gasteiger partial charge in [0.2, 0.25) is 0 Å². The van der Waals surface area contributed by atoms with Gasteiger partial charge in [-0.25, -0.2) is 0 Å². The average Bonchev–Trinajstić information content (AvgIpc) is 2.68. The van der Waals surface area contributed by atoms with Crippen molar-refractivity contribution in [2.45, 2.75) is 32.4 Å². The lowest BCUT2D eigenvalue weighted by atomic mass is 10.0. The van der Waals surface area contributed by atoms with Crippen molar-refractivity contribution >= 4 is 11.8 Å². The summed E-state index contributed by atoms with van der Waals surface area (Å²) in [5.74, 6) is -0.0102. The maximum Gasteiger partial charge on any atom is 0.253 e. The summed E-state index contributed by atoms with van der Waals surface area (Å²) in [6.45, 7) is 3.79. The molecule has 2 aromatic rings. The number of amides is 2. The maximum absolute atomic E-state index is 12.6. The molecule has 1 saturated heterocycles. The molecule has 1 fully saturated rings. The smallest absolute Gasteiger partial charge is 0.253 e. The van der Waals surface area contributed by atoms with Crippen LogP contribution in [0.2, 0.25) is 0 Å². The Hall–Kier alpha value is -2.66. The summed E-state index contributed by atoms with van der Waals surface area (Å²) in [4.78, 5) is 26.8.